The first-order valence-corrected chi connectivity index (χ1v) is 8.23. The maximum atomic E-state index is 12.1. The highest BCUT2D eigenvalue weighted by Crippen LogP contribution is 2.30. The van der Waals surface area contributed by atoms with E-state index in [1.165, 1.54) is 16.7 Å². The van der Waals surface area contributed by atoms with Crippen LogP contribution in [0.15, 0.2) is 33.7 Å². The molecule has 0 aromatic heterocycles. The summed E-state index contributed by atoms with van der Waals surface area (Å²) in [6, 6.07) is 7.53. The molecule has 1 fully saturated rings. The molecule has 1 aromatic carbocycles. The van der Waals surface area contributed by atoms with E-state index in [-0.39, 0.29) is 18.2 Å². The van der Waals surface area contributed by atoms with Crippen molar-refractivity contribution in [1.29, 1.82) is 0 Å². The quantitative estimate of drug-likeness (QED) is 0.886. The van der Waals surface area contributed by atoms with E-state index < -0.39 is 5.25 Å². The monoisotopic (exact) mass is 369 g/mol. The van der Waals surface area contributed by atoms with Crippen LogP contribution < -0.4 is 5.32 Å². The molecule has 0 spiro atoms. The molecule has 21 heavy (non-hydrogen) atoms. The Kier molecular flexibility index (Phi) is 5.41. The smallest absolute Gasteiger partial charge is 0.242 e. The number of amides is 2. The molecule has 1 aromatic rings. The fourth-order valence-corrected chi connectivity index (χ4v) is 3.28. The molecule has 1 heterocycles. The zero-order valence-corrected chi connectivity index (χ0v) is 14.2. The van der Waals surface area contributed by atoms with Crippen LogP contribution in [0.25, 0.3) is 0 Å². The average Bonchev–Trinajstić information content (AvgIpc) is 2.70. The van der Waals surface area contributed by atoms with Gasteiger partial charge in [-0.2, -0.15) is 0 Å². The van der Waals surface area contributed by atoms with Crippen LogP contribution in [-0.2, 0) is 9.59 Å². The summed E-state index contributed by atoms with van der Waals surface area (Å²) in [4.78, 5) is 29.7. The van der Waals surface area contributed by atoms with Crippen LogP contribution in [0.2, 0.25) is 0 Å². The maximum absolute atomic E-state index is 12.1. The van der Waals surface area contributed by atoms with Gasteiger partial charge in [0.25, 0.3) is 0 Å². The Morgan fingerprint density at radius 3 is 2.71 bits per heavy atom. The second-order valence-electron chi connectivity index (χ2n) is 4.53. The van der Waals surface area contributed by atoms with Crippen molar-refractivity contribution in [3.8, 4) is 0 Å². The second kappa shape index (κ2) is 7.09. The highest BCUT2D eigenvalue weighted by atomic mass is 79.9. The molecular weight excluding hydrogens is 354 g/mol. The van der Waals surface area contributed by atoms with Crippen molar-refractivity contribution < 1.29 is 9.59 Å². The Morgan fingerprint density at radius 2 is 2.10 bits per heavy atom. The minimum Gasteiger partial charge on any atom is -0.356 e. The van der Waals surface area contributed by atoms with E-state index >= 15 is 0 Å². The van der Waals surface area contributed by atoms with Gasteiger partial charge in [-0.25, -0.2) is 4.99 Å². The zero-order chi connectivity index (χ0) is 15.4. The Labute approximate surface area is 136 Å². The second-order valence-corrected chi connectivity index (χ2v) is 6.62. The standard InChI is InChI=1S/C14H16BrN3O2S/c1-3-16-12(19)8-11-13(20)18(2)14(21-11)17-10-6-4-9(15)5-7-10/h4-7,11H,3,8H2,1-2H3,(H,16,19)/t11-/m1/s1. The van der Waals surface area contributed by atoms with E-state index in [0.717, 1.165) is 10.2 Å². The van der Waals surface area contributed by atoms with Crippen LogP contribution in [0.1, 0.15) is 13.3 Å². The Morgan fingerprint density at radius 1 is 1.43 bits per heavy atom. The number of carbonyl (C=O) groups is 2. The number of nitrogens with zero attached hydrogens (tertiary/aromatic N) is 2. The number of amidine groups is 1. The van der Waals surface area contributed by atoms with Crippen LogP contribution in [0, 0.1) is 0 Å². The molecule has 0 unspecified atom stereocenters. The first-order valence-electron chi connectivity index (χ1n) is 6.56. The summed E-state index contributed by atoms with van der Waals surface area (Å²) in [5.41, 5.74) is 0.777. The third-order valence-corrected chi connectivity index (χ3v) is 4.69. The van der Waals surface area contributed by atoms with E-state index in [1.807, 2.05) is 31.2 Å². The number of aliphatic imine (C=N–C) groups is 1. The van der Waals surface area contributed by atoms with Crippen LogP contribution in [0.3, 0.4) is 0 Å². The number of hydrogen-bond acceptors (Lipinski definition) is 4. The van der Waals surface area contributed by atoms with Crippen molar-refractivity contribution >= 4 is 50.4 Å². The summed E-state index contributed by atoms with van der Waals surface area (Å²) in [5.74, 6) is -0.191. The van der Waals surface area contributed by atoms with E-state index in [9.17, 15) is 9.59 Å². The number of thioether (sulfide) groups is 1. The minimum absolute atomic E-state index is 0.0814. The van der Waals surface area contributed by atoms with Gasteiger partial charge >= 0.3 is 0 Å². The third kappa shape index (κ3) is 4.07. The highest BCUT2D eigenvalue weighted by Gasteiger charge is 2.36. The van der Waals surface area contributed by atoms with Crippen LogP contribution in [-0.4, -0.2) is 40.7 Å². The summed E-state index contributed by atoms with van der Waals surface area (Å²) >= 11 is 4.70. The molecule has 7 heteroatoms. The summed E-state index contributed by atoms with van der Waals surface area (Å²) < 4.78 is 0.976. The van der Waals surface area contributed by atoms with Crippen molar-refractivity contribution in [2.24, 2.45) is 4.99 Å². The van der Waals surface area contributed by atoms with Gasteiger partial charge in [-0.3, -0.25) is 14.5 Å². The summed E-state index contributed by atoms with van der Waals surface area (Å²) in [7, 11) is 1.69. The van der Waals surface area contributed by atoms with Crippen molar-refractivity contribution in [2.75, 3.05) is 13.6 Å². The Hall–Kier alpha value is -1.34. The van der Waals surface area contributed by atoms with Gasteiger partial charge in [0.1, 0.15) is 5.25 Å². The molecule has 0 bridgehead atoms. The number of benzene rings is 1. The summed E-state index contributed by atoms with van der Waals surface area (Å²) in [6.45, 7) is 2.42. The van der Waals surface area contributed by atoms with Gasteiger partial charge in [-0.15, -0.1) is 0 Å². The number of halogens is 1. The van der Waals surface area contributed by atoms with Crippen LogP contribution >= 0.6 is 27.7 Å². The lowest BCUT2D eigenvalue weighted by atomic mass is 10.2. The molecule has 5 nitrogen and oxygen atoms in total. The number of rotatable bonds is 4. The lowest BCUT2D eigenvalue weighted by Gasteiger charge is -2.08. The number of carbonyl (C=O) groups excluding carboxylic acids is 2. The van der Waals surface area contributed by atoms with Crippen molar-refractivity contribution in [1.82, 2.24) is 10.2 Å². The van der Waals surface area contributed by atoms with Gasteiger partial charge in [-0.1, -0.05) is 27.7 Å². The molecule has 0 aliphatic carbocycles. The van der Waals surface area contributed by atoms with Gasteiger partial charge in [0.05, 0.1) is 5.69 Å². The summed E-state index contributed by atoms with van der Waals surface area (Å²) in [6.07, 6.45) is 0.182. The van der Waals surface area contributed by atoms with Crippen LogP contribution in [0.4, 0.5) is 5.69 Å². The predicted molar refractivity (Wildman–Crippen MR) is 88.7 cm³/mol. The topological polar surface area (TPSA) is 61.8 Å². The summed E-state index contributed by atoms with van der Waals surface area (Å²) in [5, 5.41) is 2.94. The zero-order valence-electron chi connectivity index (χ0n) is 11.8. The average molecular weight is 370 g/mol. The van der Waals surface area contributed by atoms with Crippen molar-refractivity contribution in [3.05, 3.63) is 28.7 Å². The van der Waals surface area contributed by atoms with Gasteiger partial charge in [-0.05, 0) is 31.2 Å². The fraction of sp³-hybridized carbons (Fsp3) is 0.357. The number of hydrogen-bond donors (Lipinski definition) is 1. The van der Waals surface area contributed by atoms with Gasteiger partial charge < -0.3 is 5.32 Å². The van der Waals surface area contributed by atoms with E-state index in [0.29, 0.717) is 11.7 Å². The normalized spacial score (nSPS) is 20.1. The minimum atomic E-state index is -0.393. The molecule has 1 aliphatic heterocycles. The van der Waals surface area contributed by atoms with Gasteiger partial charge in [0.15, 0.2) is 5.17 Å². The van der Waals surface area contributed by atoms with Crippen molar-refractivity contribution in [3.63, 3.8) is 0 Å². The number of nitrogens with one attached hydrogen (secondary N) is 1. The molecule has 0 saturated carbocycles. The predicted octanol–water partition coefficient (Wildman–Crippen LogP) is 2.54. The van der Waals surface area contributed by atoms with E-state index in [1.54, 1.807) is 7.05 Å². The first kappa shape index (κ1) is 16.0. The third-order valence-electron chi connectivity index (χ3n) is 2.94. The molecule has 112 valence electrons. The molecule has 2 rings (SSSR count). The molecule has 0 radical (unpaired) electrons. The molecule has 1 N–H and O–H groups in total. The Balaban J connectivity index is 2.10. The molecule has 1 aliphatic rings. The molecular formula is C14H16BrN3O2S. The highest BCUT2D eigenvalue weighted by molar-refractivity contribution is 9.10. The lowest BCUT2D eigenvalue weighted by molar-refractivity contribution is -0.128. The fourth-order valence-electron chi connectivity index (χ4n) is 1.86. The lowest BCUT2D eigenvalue weighted by Crippen LogP contribution is -2.32. The van der Waals surface area contributed by atoms with E-state index in [4.69, 9.17) is 0 Å². The first-order chi connectivity index (χ1) is 10.0. The maximum Gasteiger partial charge on any atom is 0.242 e. The Bertz CT molecular complexity index is 574. The molecule has 1 atom stereocenters. The van der Waals surface area contributed by atoms with E-state index in [2.05, 4.69) is 26.2 Å². The van der Waals surface area contributed by atoms with Crippen molar-refractivity contribution in [2.45, 2.75) is 18.6 Å². The van der Waals surface area contributed by atoms with Gasteiger partial charge in [0, 0.05) is 24.5 Å². The van der Waals surface area contributed by atoms with Gasteiger partial charge in [0.2, 0.25) is 11.8 Å². The largest absolute Gasteiger partial charge is 0.356 e. The SMILES string of the molecule is CCNC(=O)C[C@H]1SC(=Nc2ccc(Br)cc2)N(C)C1=O. The van der Waals surface area contributed by atoms with Crippen LogP contribution in [0.5, 0.6) is 0 Å². The molecule has 1 saturated heterocycles. The molecule has 2 amide bonds.